The Morgan fingerprint density at radius 1 is 0.816 bits per heavy atom. The molecule has 192 valence electrons. The monoisotopic (exact) mass is 508 g/mol. The van der Waals surface area contributed by atoms with E-state index in [1.165, 1.54) is 4.90 Å². The molecule has 0 saturated carbocycles. The highest BCUT2D eigenvalue weighted by Gasteiger charge is 2.20. The molecular formula is C31H28N2O5. The number of ether oxygens (including phenoxy) is 3. The lowest BCUT2D eigenvalue weighted by atomic mass is 10.1. The molecule has 4 aromatic carbocycles. The van der Waals surface area contributed by atoms with Gasteiger partial charge in [-0.1, -0.05) is 36.4 Å². The molecule has 1 amide bonds. The van der Waals surface area contributed by atoms with E-state index in [9.17, 15) is 9.90 Å². The lowest BCUT2D eigenvalue weighted by Crippen LogP contribution is -2.29. The van der Waals surface area contributed by atoms with Crippen molar-refractivity contribution >= 4 is 33.5 Å². The van der Waals surface area contributed by atoms with Crippen LogP contribution in [0, 0.1) is 13.8 Å². The molecule has 5 aromatic rings. The summed E-state index contributed by atoms with van der Waals surface area (Å²) in [5.74, 6) is 2.40. The molecule has 0 aliphatic carbocycles. The van der Waals surface area contributed by atoms with Crippen molar-refractivity contribution in [2.75, 3.05) is 19.1 Å². The Balaban J connectivity index is 1.48. The lowest BCUT2D eigenvalue weighted by molar-refractivity contribution is 0.201. The number of carboxylic acid groups (broad SMARTS) is 1. The van der Waals surface area contributed by atoms with Crippen LogP contribution >= 0.6 is 0 Å². The first-order valence-electron chi connectivity index (χ1n) is 12.2. The number of aromatic nitrogens is 1. The molecular weight excluding hydrogens is 480 g/mol. The molecule has 0 spiro atoms. The summed E-state index contributed by atoms with van der Waals surface area (Å²) in [6.07, 6.45) is 0.658. The van der Waals surface area contributed by atoms with Crippen molar-refractivity contribution in [3.05, 3.63) is 95.7 Å². The number of rotatable bonds is 7. The minimum atomic E-state index is -1.02. The van der Waals surface area contributed by atoms with Gasteiger partial charge in [-0.25, -0.2) is 4.79 Å². The summed E-state index contributed by atoms with van der Waals surface area (Å²) in [6, 6.07) is 23.2. The number of nitrogens with zero attached hydrogens (tertiary/aromatic N) is 2. The topological polar surface area (TPSA) is 81.1 Å². The van der Waals surface area contributed by atoms with Crippen molar-refractivity contribution in [3.63, 3.8) is 0 Å². The SMILES string of the molecule is COc1cc2nccc(Oc3cc(C)c(N(Cc4ccc5ccccc5c4)C(=O)O)cc3C)c2cc1OC. The van der Waals surface area contributed by atoms with Crippen molar-refractivity contribution in [2.45, 2.75) is 20.4 Å². The molecule has 1 heterocycles. The summed E-state index contributed by atoms with van der Waals surface area (Å²) >= 11 is 0. The van der Waals surface area contributed by atoms with Crippen LogP contribution in [0.5, 0.6) is 23.0 Å². The minimum Gasteiger partial charge on any atom is -0.493 e. The summed E-state index contributed by atoms with van der Waals surface area (Å²) < 4.78 is 17.2. The van der Waals surface area contributed by atoms with E-state index in [2.05, 4.69) is 4.98 Å². The fourth-order valence-corrected chi connectivity index (χ4v) is 4.61. The van der Waals surface area contributed by atoms with Gasteiger partial charge in [-0.2, -0.15) is 0 Å². The van der Waals surface area contributed by atoms with Crippen LogP contribution in [0.25, 0.3) is 21.7 Å². The van der Waals surface area contributed by atoms with E-state index in [4.69, 9.17) is 14.2 Å². The van der Waals surface area contributed by atoms with E-state index in [-0.39, 0.29) is 6.54 Å². The van der Waals surface area contributed by atoms with E-state index >= 15 is 0 Å². The fourth-order valence-electron chi connectivity index (χ4n) is 4.61. The number of anilines is 1. The number of benzene rings is 4. The number of methoxy groups -OCH3 is 2. The summed E-state index contributed by atoms with van der Waals surface area (Å²) in [5.41, 5.74) is 3.82. The lowest BCUT2D eigenvalue weighted by Gasteiger charge is -2.23. The third kappa shape index (κ3) is 4.78. The number of hydrogen-bond donors (Lipinski definition) is 1. The van der Waals surface area contributed by atoms with Crippen molar-refractivity contribution in [2.24, 2.45) is 0 Å². The average molecular weight is 509 g/mol. The van der Waals surface area contributed by atoms with Crippen molar-refractivity contribution in [3.8, 4) is 23.0 Å². The normalized spacial score (nSPS) is 10.9. The zero-order valence-corrected chi connectivity index (χ0v) is 21.7. The number of pyridine rings is 1. The third-order valence-electron chi connectivity index (χ3n) is 6.60. The van der Waals surface area contributed by atoms with Gasteiger partial charge in [0.2, 0.25) is 0 Å². The first kappa shape index (κ1) is 24.9. The average Bonchev–Trinajstić information content (AvgIpc) is 2.92. The Hall–Kier alpha value is -4.78. The van der Waals surface area contributed by atoms with Gasteiger partial charge in [-0.05, 0) is 71.6 Å². The maximum atomic E-state index is 12.3. The molecule has 0 saturated heterocycles. The van der Waals surface area contributed by atoms with Gasteiger partial charge >= 0.3 is 6.09 Å². The highest BCUT2D eigenvalue weighted by Crippen LogP contribution is 2.39. The maximum Gasteiger partial charge on any atom is 0.412 e. The van der Waals surface area contributed by atoms with Gasteiger partial charge in [0.1, 0.15) is 11.5 Å². The predicted octanol–water partition coefficient (Wildman–Crippen LogP) is 7.50. The van der Waals surface area contributed by atoms with Crippen molar-refractivity contribution in [1.82, 2.24) is 4.98 Å². The second kappa shape index (κ2) is 10.3. The Kier molecular flexibility index (Phi) is 6.75. The summed E-state index contributed by atoms with van der Waals surface area (Å²) in [4.78, 5) is 18.1. The van der Waals surface area contributed by atoms with Gasteiger partial charge in [0.25, 0.3) is 0 Å². The summed E-state index contributed by atoms with van der Waals surface area (Å²) in [5, 5.41) is 13.1. The summed E-state index contributed by atoms with van der Waals surface area (Å²) in [7, 11) is 3.16. The number of fused-ring (bicyclic) bond motifs is 2. The fraction of sp³-hybridized carbons (Fsp3) is 0.161. The summed E-state index contributed by atoms with van der Waals surface area (Å²) in [6.45, 7) is 4.02. The number of hydrogen-bond acceptors (Lipinski definition) is 5. The van der Waals surface area contributed by atoms with Gasteiger partial charge in [0.05, 0.1) is 32.0 Å². The smallest absolute Gasteiger partial charge is 0.412 e. The molecule has 5 rings (SSSR count). The van der Waals surface area contributed by atoms with Crippen LogP contribution in [-0.4, -0.2) is 30.4 Å². The molecule has 0 aliphatic heterocycles. The van der Waals surface area contributed by atoms with E-state index in [0.29, 0.717) is 34.2 Å². The quantitative estimate of drug-likeness (QED) is 0.245. The molecule has 7 heteroatoms. The Labute approximate surface area is 220 Å². The standard InChI is InChI=1S/C31H28N2O5/c1-19-14-28(38-27-11-12-32-25-17-30(37-4)29(36-3)16-24(25)27)20(2)13-26(19)33(31(34)35)18-21-9-10-22-7-5-6-8-23(22)15-21/h5-17H,18H2,1-4H3,(H,34,35). The Morgan fingerprint density at radius 2 is 1.55 bits per heavy atom. The Bertz CT molecular complexity index is 1660. The van der Waals surface area contributed by atoms with Crippen LogP contribution in [0.1, 0.15) is 16.7 Å². The van der Waals surface area contributed by atoms with Crippen LogP contribution in [0.3, 0.4) is 0 Å². The largest absolute Gasteiger partial charge is 0.493 e. The first-order valence-corrected chi connectivity index (χ1v) is 12.2. The van der Waals surface area contributed by atoms with Gasteiger partial charge in [0.15, 0.2) is 11.5 Å². The van der Waals surface area contributed by atoms with Gasteiger partial charge in [-0.3, -0.25) is 9.88 Å². The molecule has 1 N–H and O–H groups in total. The molecule has 38 heavy (non-hydrogen) atoms. The van der Waals surface area contributed by atoms with Crippen molar-refractivity contribution < 1.29 is 24.1 Å². The maximum absolute atomic E-state index is 12.3. The van der Waals surface area contributed by atoms with Gasteiger partial charge in [0, 0.05) is 17.6 Å². The molecule has 0 atom stereocenters. The Morgan fingerprint density at radius 3 is 2.29 bits per heavy atom. The number of amides is 1. The van der Waals surface area contributed by atoms with Crippen LogP contribution in [-0.2, 0) is 6.54 Å². The van der Waals surface area contributed by atoms with E-state index in [1.54, 1.807) is 32.5 Å². The molecule has 0 fully saturated rings. The highest BCUT2D eigenvalue weighted by atomic mass is 16.5. The molecule has 1 aromatic heterocycles. The zero-order chi connectivity index (χ0) is 26.8. The highest BCUT2D eigenvalue weighted by molar-refractivity contribution is 5.90. The molecule has 0 aliphatic rings. The zero-order valence-electron chi connectivity index (χ0n) is 21.7. The van der Waals surface area contributed by atoms with Crippen LogP contribution in [0.2, 0.25) is 0 Å². The molecule has 0 unspecified atom stereocenters. The van der Waals surface area contributed by atoms with Crippen LogP contribution in [0.15, 0.2) is 79.0 Å². The van der Waals surface area contributed by atoms with Crippen LogP contribution in [0.4, 0.5) is 10.5 Å². The van der Waals surface area contributed by atoms with E-state index in [0.717, 1.165) is 32.8 Å². The van der Waals surface area contributed by atoms with Gasteiger partial charge in [-0.15, -0.1) is 0 Å². The molecule has 0 radical (unpaired) electrons. The first-order chi connectivity index (χ1) is 18.4. The second-order valence-corrected chi connectivity index (χ2v) is 9.09. The minimum absolute atomic E-state index is 0.233. The predicted molar refractivity (Wildman–Crippen MR) is 149 cm³/mol. The van der Waals surface area contributed by atoms with Crippen molar-refractivity contribution in [1.29, 1.82) is 0 Å². The van der Waals surface area contributed by atoms with E-state index in [1.807, 2.05) is 74.5 Å². The second-order valence-electron chi connectivity index (χ2n) is 9.09. The number of carbonyl (C=O) groups is 1. The van der Waals surface area contributed by atoms with E-state index < -0.39 is 6.09 Å². The van der Waals surface area contributed by atoms with Gasteiger partial charge < -0.3 is 19.3 Å². The number of aryl methyl sites for hydroxylation is 2. The third-order valence-corrected chi connectivity index (χ3v) is 6.60. The molecule has 7 nitrogen and oxygen atoms in total. The van der Waals surface area contributed by atoms with Crippen LogP contribution < -0.4 is 19.1 Å². The molecule has 0 bridgehead atoms.